The lowest BCUT2D eigenvalue weighted by atomic mass is 9.94. The molecule has 0 aliphatic carbocycles. The third-order valence-electron chi connectivity index (χ3n) is 3.47. The Hall–Kier alpha value is -0.570. The minimum atomic E-state index is 0.369. The fraction of sp³-hybridized carbons (Fsp3) is 0.600. The summed E-state index contributed by atoms with van der Waals surface area (Å²) < 4.78 is 5.53. The number of nitrogens with one attached hydrogen (secondary N) is 1. The van der Waals surface area contributed by atoms with Gasteiger partial charge in [0.25, 0.3) is 0 Å². The van der Waals surface area contributed by atoms with Gasteiger partial charge in [0.15, 0.2) is 0 Å². The SMILES string of the molecule is CC(C)C(NC1CCCOC1)c1ccc(Cl)cc1. The Morgan fingerprint density at radius 3 is 2.56 bits per heavy atom. The first-order chi connectivity index (χ1) is 8.66. The van der Waals surface area contributed by atoms with Crippen molar-refractivity contribution in [2.45, 2.75) is 38.8 Å². The maximum atomic E-state index is 5.95. The van der Waals surface area contributed by atoms with E-state index in [0.29, 0.717) is 18.0 Å². The Morgan fingerprint density at radius 1 is 1.28 bits per heavy atom. The van der Waals surface area contributed by atoms with Crippen molar-refractivity contribution in [1.29, 1.82) is 0 Å². The fourth-order valence-electron chi connectivity index (χ4n) is 2.47. The second kappa shape index (κ2) is 6.55. The predicted molar refractivity (Wildman–Crippen MR) is 76.0 cm³/mol. The monoisotopic (exact) mass is 267 g/mol. The van der Waals surface area contributed by atoms with Crippen LogP contribution in [-0.2, 0) is 4.74 Å². The standard InChI is InChI=1S/C15H22ClNO/c1-11(2)15(12-5-7-13(16)8-6-12)17-14-4-3-9-18-10-14/h5-8,11,14-15,17H,3-4,9-10H2,1-2H3. The quantitative estimate of drug-likeness (QED) is 0.896. The van der Waals surface area contributed by atoms with Gasteiger partial charge in [-0.1, -0.05) is 37.6 Å². The zero-order valence-corrected chi connectivity index (χ0v) is 11.9. The van der Waals surface area contributed by atoms with Gasteiger partial charge in [-0.3, -0.25) is 0 Å². The molecule has 0 aromatic heterocycles. The molecule has 1 saturated heterocycles. The van der Waals surface area contributed by atoms with E-state index >= 15 is 0 Å². The summed E-state index contributed by atoms with van der Waals surface area (Å²) >= 11 is 5.95. The van der Waals surface area contributed by atoms with E-state index in [9.17, 15) is 0 Å². The van der Waals surface area contributed by atoms with Gasteiger partial charge in [-0.15, -0.1) is 0 Å². The lowest BCUT2D eigenvalue weighted by molar-refractivity contribution is 0.0638. The highest BCUT2D eigenvalue weighted by Crippen LogP contribution is 2.25. The van der Waals surface area contributed by atoms with Crippen molar-refractivity contribution < 1.29 is 4.74 Å². The van der Waals surface area contributed by atoms with Gasteiger partial charge in [0.2, 0.25) is 0 Å². The molecule has 1 N–H and O–H groups in total. The van der Waals surface area contributed by atoms with Gasteiger partial charge in [0.05, 0.1) is 6.61 Å². The van der Waals surface area contributed by atoms with Gasteiger partial charge in [-0.25, -0.2) is 0 Å². The van der Waals surface area contributed by atoms with Gasteiger partial charge in [0.1, 0.15) is 0 Å². The van der Waals surface area contributed by atoms with Crippen LogP contribution in [0.3, 0.4) is 0 Å². The lowest BCUT2D eigenvalue weighted by Crippen LogP contribution is -2.40. The van der Waals surface area contributed by atoms with Crippen LogP contribution >= 0.6 is 11.6 Å². The molecule has 0 saturated carbocycles. The van der Waals surface area contributed by atoms with E-state index in [2.05, 4.69) is 31.3 Å². The Morgan fingerprint density at radius 2 is 2.00 bits per heavy atom. The third-order valence-corrected chi connectivity index (χ3v) is 3.72. The number of halogens is 1. The number of benzene rings is 1. The highest BCUT2D eigenvalue weighted by atomic mass is 35.5. The van der Waals surface area contributed by atoms with Gasteiger partial charge < -0.3 is 10.1 Å². The van der Waals surface area contributed by atoms with E-state index in [0.717, 1.165) is 24.7 Å². The first kappa shape index (κ1) is 13.9. The molecule has 1 aromatic carbocycles. The summed E-state index contributed by atoms with van der Waals surface area (Å²) in [5.41, 5.74) is 1.31. The van der Waals surface area contributed by atoms with Crippen molar-refractivity contribution in [2.75, 3.05) is 13.2 Å². The topological polar surface area (TPSA) is 21.3 Å². The number of rotatable bonds is 4. The molecule has 2 rings (SSSR count). The third kappa shape index (κ3) is 3.71. The highest BCUT2D eigenvalue weighted by molar-refractivity contribution is 6.30. The number of hydrogen-bond acceptors (Lipinski definition) is 2. The molecule has 0 bridgehead atoms. The molecular weight excluding hydrogens is 246 g/mol. The second-order valence-corrected chi connectivity index (χ2v) is 5.79. The van der Waals surface area contributed by atoms with E-state index in [-0.39, 0.29) is 0 Å². The minimum absolute atomic E-state index is 0.369. The Labute approximate surface area is 115 Å². The van der Waals surface area contributed by atoms with E-state index < -0.39 is 0 Å². The average Bonchev–Trinajstić information content (AvgIpc) is 2.38. The van der Waals surface area contributed by atoms with Crippen LogP contribution in [-0.4, -0.2) is 19.3 Å². The van der Waals surface area contributed by atoms with Crippen LogP contribution in [0.15, 0.2) is 24.3 Å². The maximum absolute atomic E-state index is 5.95. The molecule has 2 nitrogen and oxygen atoms in total. The first-order valence-electron chi connectivity index (χ1n) is 6.76. The summed E-state index contributed by atoms with van der Waals surface area (Å²) in [6, 6.07) is 9.00. The Balaban J connectivity index is 2.05. The normalized spacial score (nSPS) is 22.1. The van der Waals surface area contributed by atoms with Crippen LogP contribution in [0.25, 0.3) is 0 Å². The van der Waals surface area contributed by atoms with E-state index in [1.807, 2.05) is 12.1 Å². The summed E-state index contributed by atoms with van der Waals surface area (Å²) in [7, 11) is 0. The van der Waals surface area contributed by atoms with E-state index in [1.54, 1.807) is 0 Å². The van der Waals surface area contributed by atoms with Crippen LogP contribution in [0.4, 0.5) is 0 Å². The molecule has 0 radical (unpaired) electrons. The van der Waals surface area contributed by atoms with Crippen LogP contribution < -0.4 is 5.32 Å². The molecule has 1 aromatic rings. The molecule has 18 heavy (non-hydrogen) atoms. The van der Waals surface area contributed by atoms with Crippen molar-refractivity contribution >= 4 is 11.6 Å². The van der Waals surface area contributed by atoms with Crippen molar-refractivity contribution in [1.82, 2.24) is 5.32 Å². The van der Waals surface area contributed by atoms with Gasteiger partial charge in [0, 0.05) is 23.7 Å². The zero-order valence-electron chi connectivity index (χ0n) is 11.2. The smallest absolute Gasteiger partial charge is 0.0619 e. The molecule has 1 aliphatic rings. The molecule has 3 heteroatoms. The van der Waals surface area contributed by atoms with Gasteiger partial charge >= 0.3 is 0 Å². The highest BCUT2D eigenvalue weighted by Gasteiger charge is 2.21. The van der Waals surface area contributed by atoms with Crippen LogP contribution in [0, 0.1) is 5.92 Å². The van der Waals surface area contributed by atoms with E-state index in [4.69, 9.17) is 16.3 Å². The van der Waals surface area contributed by atoms with Gasteiger partial charge in [-0.05, 0) is 36.5 Å². The fourth-order valence-corrected chi connectivity index (χ4v) is 2.60. The summed E-state index contributed by atoms with van der Waals surface area (Å²) in [6.07, 6.45) is 2.36. The van der Waals surface area contributed by atoms with Crippen LogP contribution in [0.2, 0.25) is 5.02 Å². The summed E-state index contributed by atoms with van der Waals surface area (Å²) in [6.45, 7) is 6.23. The average molecular weight is 268 g/mol. The Bertz CT molecular complexity index is 357. The molecule has 2 unspecified atom stereocenters. The van der Waals surface area contributed by atoms with Gasteiger partial charge in [-0.2, -0.15) is 0 Å². The Kier molecular flexibility index (Phi) is 5.04. The first-order valence-corrected chi connectivity index (χ1v) is 7.14. The van der Waals surface area contributed by atoms with Crippen molar-refractivity contribution in [3.63, 3.8) is 0 Å². The van der Waals surface area contributed by atoms with Crippen molar-refractivity contribution in [2.24, 2.45) is 5.92 Å². The molecule has 100 valence electrons. The maximum Gasteiger partial charge on any atom is 0.0619 e. The lowest BCUT2D eigenvalue weighted by Gasteiger charge is -2.31. The van der Waals surface area contributed by atoms with Crippen molar-refractivity contribution in [3.05, 3.63) is 34.9 Å². The van der Waals surface area contributed by atoms with Crippen molar-refractivity contribution in [3.8, 4) is 0 Å². The summed E-state index contributed by atoms with van der Waals surface area (Å²) in [5, 5.41) is 4.52. The minimum Gasteiger partial charge on any atom is -0.380 e. The summed E-state index contributed by atoms with van der Waals surface area (Å²) in [5.74, 6) is 0.549. The zero-order chi connectivity index (χ0) is 13.0. The molecule has 1 heterocycles. The molecule has 0 amide bonds. The van der Waals surface area contributed by atoms with Crippen LogP contribution in [0.5, 0.6) is 0 Å². The second-order valence-electron chi connectivity index (χ2n) is 5.35. The predicted octanol–water partition coefficient (Wildman–Crippen LogP) is 3.81. The summed E-state index contributed by atoms with van der Waals surface area (Å²) in [4.78, 5) is 0. The number of hydrogen-bond donors (Lipinski definition) is 1. The van der Waals surface area contributed by atoms with E-state index in [1.165, 1.54) is 12.0 Å². The van der Waals surface area contributed by atoms with Crippen LogP contribution in [0.1, 0.15) is 38.3 Å². The molecule has 1 aliphatic heterocycles. The molecule has 2 atom stereocenters. The molecule has 0 spiro atoms. The number of ether oxygens (including phenoxy) is 1. The molecule has 1 fully saturated rings. The largest absolute Gasteiger partial charge is 0.380 e. The molecular formula is C15H22ClNO.